The minimum Gasteiger partial charge on any atom is -0.457 e. The quantitative estimate of drug-likeness (QED) is 0.436. The number of aromatic nitrogens is 2. The number of nitrogens with one attached hydrogen (secondary N) is 1. The number of amides is 2. The molecule has 8 heteroatoms. The van der Waals surface area contributed by atoms with Gasteiger partial charge in [0.2, 0.25) is 11.0 Å². The topological polar surface area (TPSA) is 84.4 Å². The predicted octanol–water partition coefficient (Wildman–Crippen LogP) is 5.10. The van der Waals surface area contributed by atoms with E-state index in [0.717, 1.165) is 10.7 Å². The monoisotopic (exact) mass is 456 g/mol. The summed E-state index contributed by atoms with van der Waals surface area (Å²) in [5.74, 6) is 0.752. The van der Waals surface area contributed by atoms with Crippen LogP contribution in [0.1, 0.15) is 27.7 Å². The van der Waals surface area contributed by atoms with Gasteiger partial charge in [0.1, 0.15) is 16.5 Å². The lowest BCUT2D eigenvalue weighted by Crippen LogP contribution is -2.24. The molecular weight excluding hydrogens is 436 g/mol. The van der Waals surface area contributed by atoms with Gasteiger partial charge in [-0.2, -0.15) is 0 Å². The number of carbonyl (C=O) groups excluding carboxylic acids is 2. The normalized spacial score (nSPS) is 15.5. The van der Waals surface area contributed by atoms with Crippen molar-refractivity contribution in [2.24, 2.45) is 0 Å². The molecule has 1 fully saturated rings. The van der Waals surface area contributed by atoms with Crippen LogP contribution in [0.2, 0.25) is 0 Å². The van der Waals surface area contributed by atoms with Crippen molar-refractivity contribution in [2.75, 3.05) is 16.8 Å². The fourth-order valence-electron chi connectivity index (χ4n) is 3.70. The van der Waals surface area contributed by atoms with Crippen molar-refractivity contribution < 1.29 is 14.3 Å². The van der Waals surface area contributed by atoms with Gasteiger partial charge in [-0.1, -0.05) is 59.9 Å². The van der Waals surface area contributed by atoms with E-state index in [1.807, 2.05) is 66.7 Å². The fourth-order valence-corrected chi connectivity index (χ4v) is 4.53. The van der Waals surface area contributed by atoms with Crippen LogP contribution in [0.15, 0.2) is 84.9 Å². The number of anilines is 2. The van der Waals surface area contributed by atoms with Gasteiger partial charge in [0.05, 0.1) is 5.56 Å². The maximum atomic E-state index is 12.9. The molecule has 0 aliphatic carbocycles. The summed E-state index contributed by atoms with van der Waals surface area (Å²) < 4.78 is 5.88. The van der Waals surface area contributed by atoms with Crippen molar-refractivity contribution in [3.8, 4) is 11.5 Å². The van der Waals surface area contributed by atoms with Gasteiger partial charge >= 0.3 is 0 Å². The molecule has 7 nitrogen and oxygen atoms in total. The molecule has 1 atom stereocenters. The van der Waals surface area contributed by atoms with Gasteiger partial charge in [-0.05, 0) is 36.4 Å². The fraction of sp³-hybridized carbons (Fsp3) is 0.120. The molecule has 5 rings (SSSR count). The van der Waals surface area contributed by atoms with Crippen LogP contribution >= 0.6 is 11.3 Å². The first-order valence-electron chi connectivity index (χ1n) is 10.5. The summed E-state index contributed by atoms with van der Waals surface area (Å²) in [6, 6.07) is 25.9. The van der Waals surface area contributed by atoms with Crippen LogP contribution in [0.3, 0.4) is 0 Å². The summed E-state index contributed by atoms with van der Waals surface area (Å²) in [4.78, 5) is 27.2. The van der Waals surface area contributed by atoms with Gasteiger partial charge in [0, 0.05) is 24.6 Å². The molecule has 1 aliphatic rings. The van der Waals surface area contributed by atoms with E-state index >= 15 is 0 Å². The highest BCUT2D eigenvalue weighted by Gasteiger charge is 2.34. The van der Waals surface area contributed by atoms with E-state index in [2.05, 4.69) is 15.5 Å². The van der Waals surface area contributed by atoms with E-state index in [4.69, 9.17) is 4.74 Å². The Hall–Kier alpha value is -4.04. The Balaban J connectivity index is 1.28. The Morgan fingerprint density at radius 1 is 0.939 bits per heavy atom. The number of para-hydroxylation sites is 3. The van der Waals surface area contributed by atoms with Crippen LogP contribution in [-0.2, 0) is 4.79 Å². The number of ether oxygens (including phenoxy) is 1. The number of benzene rings is 3. The molecule has 4 aromatic rings. The van der Waals surface area contributed by atoms with Crippen LogP contribution in [-0.4, -0.2) is 28.6 Å². The summed E-state index contributed by atoms with van der Waals surface area (Å²) in [5.41, 5.74) is 1.27. The van der Waals surface area contributed by atoms with Crippen molar-refractivity contribution in [1.29, 1.82) is 0 Å². The second kappa shape index (κ2) is 9.22. The average molecular weight is 457 g/mol. The number of rotatable bonds is 6. The van der Waals surface area contributed by atoms with Crippen molar-refractivity contribution in [3.05, 3.63) is 95.5 Å². The molecule has 0 saturated carbocycles. The molecule has 0 radical (unpaired) electrons. The van der Waals surface area contributed by atoms with Gasteiger partial charge in [-0.3, -0.25) is 14.9 Å². The number of nitrogens with zero attached hydrogens (tertiary/aromatic N) is 3. The molecule has 1 saturated heterocycles. The zero-order valence-corrected chi connectivity index (χ0v) is 18.4. The lowest BCUT2D eigenvalue weighted by atomic mass is 10.1. The Bertz CT molecular complexity index is 1280. The number of hydrogen-bond acceptors (Lipinski definition) is 6. The van der Waals surface area contributed by atoms with Gasteiger partial charge in [0.15, 0.2) is 0 Å². The van der Waals surface area contributed by atoms with Crippen molar-refractivity contribution in [3.63, 3.8) is 0 Å². The molecule has 0 spiro atoms. The van der Waals surface area contributed by atoms with E-state index in [0.29, 0.717) is 35.2 Å². The highest BCUT2D eigenvalue weighted by Crippen LogP contribution is 2.34. The minimum absolute atomic E-state index is 0.0546. The Morgan fingerprint density at radius 2 is 1.64 bits per heavy atom. The number of hydrogen-bond donors (Lipinski definition) is 1. The van der Waals surface area contributed by atoms with Crippen LogP contribution in [0.25, 0.3) is 0 Å². The largest absolute Gasteiger partial charge is 0.457 e. The third kappa shape index (κ3) is 4.61. The van der Waals surface area contributed by atoms with E-state index in [1.165, 1.54) is 11.3 Å². The molecule has 3 aromatic carbocycles. The lowest BCUT2D eigenvalue weighted by molar-refractivity contribution is -0.117. The predicted molar refractivity (Wildman–Crippen MR) is 127 cm³/mol. The van der Waals surface area contributed by atoms with Crippen LogP contribution in [0.5, 0.6) is 11.5 Å². The second-order valence-electron chi connectivity index (χ2n) is 7.55. The first kappa shape index (κ1) is 20.8. The summed E-state index contributed by atoms with van der Waals surface area (Å²) in [6.07, 6.45) is 0.366. The molecule has 1 N–H and O–H groups in total. The highest BCUT2D eigenvalue weighted by atomic mass is 32.1. The summed E-state index contributed by atoms with van der Waals surface area (Å²) in [5, 5.41) is 12.3. The van der Waals surface area contributed by atoms with Crippen molar-refractivity contribution >= 4 is 34.0 Å². The molecular formula is C25H20N4O3S. The van der Waals surface area contributed by atoms with E-state index in [-0.39, 0.29) is 17.7 Å². The smallest absolute Gasteiger partial charge is 0.261 e. The Kier molecular flexibility index (Phi) is 5.82. The lowest BCUT2D eigenvalue weighted by Gasteiger charge is -2.15. The second-order valence-corrected chi connectivity index (χ2v) is 8.56. The van der Waals surface area contributed by atoms with E-state index in [1.54, 1.807) is 23.1 Å². The third-order valence-electron chi connectivity index (χ3n) is 5.31. The van der Waals surface area contributed by atoms with Gasteiger partial charge < -0.3 is 9.64 Å². The first-order chi connectivity index (χ1) is 16.2. The van der Waals surface area contributed by atoms with Crippen LogP contribution in [0, 0.1) is 0 Å². The minimum atomic E-state index is -0.336. The molecule has 0 bridgehead atoms. The zero-order chi connectivity index (χ0) is 22.6. The SMILES string of the molecule is O=C(Nc1nnc(C2CC(=O)N(c3ccccc3)C2)s1)c1ccccc1Oc1ccccc1. The van der Waals surface area contributed by atoms with Gasteiger partial charge in [0.25, 0.3) is 5.91 Å². The molecule has 1 aliphatic heterocycles. The summed E-state index contributed by atoms with van der Waals surface area (Å²) in [7, 11) is 0. The third-order valence-corrected chi connectivity index (χ3v) is 6.31. The summed E-state index contributed by atoms with van der Waals surface area (Å²) >= 11 is 1.29. The molecule has 33 heavy (non-hydrogen) atoms. The molecule has 164 valence electrons. The van der Waals surface area contributed by atoms with E-state index < -0.39 is 0 Å². The zero-order valence-electron chi connectivity index (χ0n) is 17.5. The average Bonchev–Trinajstić information content (AvgIpc) is 3.47. The summed E-state index contributed by atoms with van der Waals surface area (Å²) in [6.45, 7) is 0.541. The maximum absolute atomic E-state index is 12.9. The van der Waals surface area contributed by atoms with Gasteiger partial charge in [-0.25, -0.2) is 0 Å². The Morgan fingerprint density at radius 3 is 2.42 bits per heavy atom. The Labute approximate surface area is 194 Å². The highest BCUT2D eigenvalue weighted by molar-refractivity contribution is 7.15. The van der Waals surface area contributed by atoms with Crippen LogP contribution in [0.4, 0.5) is 10.8 Å². The maximum Gasteiger partial charge on any atom is 0.261 e. The number of carbonyl (C=O) groups is 2. The standard InChI is InChI=1S/C25H20N4O3S/c30-22-15-17(16-29(22)18-9-3-1-4-10-18)24-27-28-25(33-24)26-23(31)20-13-7-8-14-21(20)32-19-11-5-2-6-12-19/h1-14,17H,15-16H2,(H,26,28,31). The molecule has 2 amide bonds. The van der Waals surface area contributed by atoms with Crippen LogP contribution < -0.4 is 15.0 Å². The van der Waals surface area contributed by atoms with Crippen molar-refractivity contribution in [1.82, 2.24) is 10.2 Å². The molecule has 1 unspecified atom stereocenters. The molecule has 1 aromatic heterocycles. The first-order valence-corrected chi connectivity index (χ1v) is 11.3. The van der Waals surface area contributed by atoms with E-state index in [9.17, 15) is 9.59 Å². The molecule has 2 heterocycles. The van der Waals surface area contributed by atoms with Crippen molar-refractivity contribution in [2.45, 2.75) is 12.3 Å². The van der Waals surface area contributed by atoms with Gasteiger partial charge in [-0.15, -0.1) is 10.2 Å².